The average Bonchev–Trinajstić information content (AvgIpc) is 2.46. The van der Waals surface area contributed by atoms with Crippen LogP contribution in [0.3, 0.4) is 0 Å². The van der Waals surface area contributed by atoms with Crippen LogP contribution in [0.25, 0.3) is 10.8 Å². The van der Waals surface area contributed by atoms with Gasteiger partial charge in [-0.2, -0.15) is 0 Å². The minimum atomic E-state index is -1.05. The number of fused-ring (bicyclic) bond motifs is 1. The lowest BCUT2D eigenvalue weighted by atomic mass is 10.1. The summed E-state index contributed by atoms with van der Waals surface area (Å²) in [5.74, 6) is -1.03. The van der Waals surface area contributed by atoms with Gasteiger partial charge < -0.3 is 5.11 Å². The van der Waals surface area contributed by atoms with Gasteiger partial charge in [0, 0.05) is 29.9 Å². The molecule has 3 amide bonds. The van der Waals surface area contributed by atoms with Gasteiger partial charge in [-0.15, -0.1) is 0 Å². The van der Waals surface area contributed by atoms with Crippen LogP contribution in [0.5, 0.6) is 0 Å². The van der Waals surface area contributed by atoms with E-state index in [0.29, 0.717) is 16.6 Å². The molecule has 2 aromatic rings. The molecule has 2 N–H and O–H groups in total. The Bertz CT molecular complexity index is 772. The molecular formula is C14H11N3O4. The SMILES string of the molecule is O=C1CCN(c2nccc3c(C(=O)O)cccc23)C(=O)N1. The number of amides is 3. The number of carboxylic acids is 1. The van der Waals surface area contributed by atoms with Gasteiger partial charge in [0.05, 0.1) is 5.56 Å². The highest BCUT2D eigenvalue weighted by Gasteiger charge is 2.26. The summed E-state index contributed by atoms with van der Waals surface area (Å²) in [4.78, 5) is 39.9. The molecule has 7 nitrogen and oxygen atoms in total. The van der Waals surface area contributed by atoms with Crippen LogP contribution >= 0.6 is 0 Å². The lowest BCUT2D eigenvalue weighted by Crippen LogP contribution is -2.50. The van der Waals surface area contributed by atoms with Gasteiger partial charge in [0.1, 0.15) is 5.82 Å². The van der Waals surface area contributed by atoms with E-state index in [-0.39, 0.29) is 24.4 Å². The number of aromatic carboxylic acids is 1. The quantitative estimate of drug-likeness (QED) is 0.868. The Labute approximate surface area is 119 Å². The number of aromatic nitrogens is 1. The largest absolute Gasteiger partial charge is 0.478 e. The first-order valence-corrected chi connectivity index (χ1v) is 6.30. The van der Waals surface area contributed by atoms with E-state index in [1.54, 1.807) is 18.2 Å². The third kappa shape index (κ3) is 2.18. The normalized spacial score (nSPS) is 15.1. The minimum Gasteiger partial charge on any atom is -0.478 e. The van der Waals surface area contributed by atoms with E-state index in [2.05, 4.69) is 10.3 Å². The Balaban J connectivity index is 2.16. The maximum atomic E-state index is 11.9. The van der Waals surface area contributed by atoms with Crippen LogP contribution in [0.15, 0.2) is 30.5 Å². The van der Waals surface area contributed by atoms with Crippen molar-refractivity contribution >= 4 is 34.5 Å². The molecule has 0 radical (unpaired) electrons. The fourth-order valence-corrected chi connectivity index (χ4v) is 2.36. The Morgan fingerprint density at radius 3 is 2.76 bits per heavy atom. The van der Waals surface area contributed by atoms with Crippen molar-refractivity contribution in [1.29, 1.82) is 0 Å². The van der Waals surface area contributed by atoms with Crippen molar-refractivity contribution in [2.24, 2.45) is 0 Å². The van der Waals surface area contributed by atoms with Crippen molar-refractivity contribution in [3.05, 3.63) is 36.0 Å². The molecule has 1 aromatic carbocycles. The highest BCUT2D eigenvalue weighted by atomic mass is 16.4. The number of carbonyl (C=O) groups excluding carboxylic acids is 2. The van der Waals surface area contributed by atoms with E-state index >= 15 is 0 Å². The zero-order valence-corrected chi connectivity index (χ0v) is 10.9. The number of hydrogen-bond acceptors (Lipinski definition) is 4. The van der Waals surface area contributed by atoms with Gasteiger partial charge in [0.25, 0.3) is 0 Å². The van der Waals surface area contributed by atoms with Crippen LogP contribution in [0, 0.1) is 0 Å². The van der Waals surface area contributed by atoms with Gasteiger partial charge in [-0.25, -0.2) is 14.6 Å². The highest BCUT2D eigenvalue weighted by molar-refractivity contribution is 6.12. The monoisotopic (exact) mass is 285 g/mol. The lowest BCUT2D eigenvalue weighted by Gasteiger charge is -2.26. The summed E-state index contributed by atoms with van der Waals surface area (Å²) in [6, 6.07) is 5.84. The molecule has 21 heavy (non-hydrogen) atoms. The number of urea groups is 1. The number of imide groups is 1. The molecule has 0 unspecified atom stereocenters. The topological polar surface area (TPSA) is 99.6 Å². The summed E-state index contributed by atoms with van der Waals surface area (Å²) in [5.41, 5.74) is 0.143. The van der Waals surface area contributed by atoms with E-state index in [9.17, 15) is 19.5 Å². The Kier molecular flexibility index (Phi) is 3.02. The maximum Gasteiger partial charge on any atom is 0.336 e. The summed E-state index contributed by atoms with van der Waals surface area (Å²) in [5, 5.41) is 12.5. The Morgan fingerprint density at radius 1 is 1.24 bits per heavy atom. The summed E-state index contributed by atoms with van der Waals surface area (Å²) < 4.78 is 0. The number of benzene rings is 1. The van der Waals surface area contributed by atoms with E-state index in [0.717, 1.165) is 0 Å². The Hall–Kier alpha value is -2.96. The molecule has 1 aliphatic heterocycles. The van der Waals surface area contributed by atoms with Crippen LogP contribution in [-0.2, 0) is 4.79 Å². The van der Waals surface area contributed by atoms with Gasteiger partial charge in [0.15, 0.2) is 0 Å². The van der Waals surface area contributed by atoms with Gasteiger partial charge >= 0.3 is 12.0 Å². The first kappa shape index (κ1) is 13.0. The fourth-order valence-electron chi connectivity index (χ4n) is 2.36. The number of carboxylic acid groups (broad SMARTS) is 1. The van der Waals surface area contributed by atoms with E-state index in [1.807, 2.05) is 0 Å². The van der Waals surface area contributed by atoms with Gasteiger partial charge in [-0.3, -0.25) is 15.0 Å². The molecule has 1 aliphatic rings. The molecule has 0 spiro atoms. The molecule has 1 aromatic heterocycles. The summed E-state index contributed by atoms with van der Waals surface area (Å²) in [6.07, 6.45) is 1.64. The number of anilines is 1. The molecule has 1 saturated heterocycles. The zero-order chi connectivity index (χ0) is 15.0. The van der Waals surface area contributed by atoms with Crippen LogP contribution in [0.1, 0.15) is 16.8 Å². The van der Waals surface area contributed by atoms with Crippen molar-refractivity contribution in [2.75, 3.05) is 11.4 Å². The molecular weight excluding hydrogens is 274 g/mol. The first-order chi connectivity index (χ1) is 10.1. The molecule has 1 fully saturated rings. The minimum absolute atomic E-state index is 0.143. The van der Waals surface area contributed by atoms with Gasteiger partial charge in [-0.1, -0.05) is 12.1 Å². The standard InChI is InChI=1S/C14H11N3O4/c18-11-5-7-17(14(21)16-11)12-9-2-1-3-10(13(19)20)8(9)4-6-15-12/h1-4,6H,5,7H2,(H,19,20)(H,16,18,21). The van der Waals surface area contributed by atoms with Crippen molar-refractivity contribution < 1.29 is 19.5 Å². The molecule has 0 atom stereocenters. The molecule has 2 heterocycles. The third-order valence-electron chi connectivity index (χ3n) is 3.33. The number of hydrogen-bond donors (Lipinski definition) is 2. The van der Waals surface area contributed by atoms with Crippen molar-refractivity contribution in [1.82, 2.24) is 10.3 Å². The highest BCUT2D eigenvalue weighted by Crippen LogP contribution is 2.27. The zero-order valence-electron chi connectivity index (χ0n) is 10.9. The van der Waals surface area contributed by atoms with Gasteiger partial charge in [0.2, 0.25) is 5.91 Å². The predicted octanol–water partition coefficient (Wildman–Crippen LogP) is 1.38. The van der Waals surface area contributed by atoms with Crippen LogP contribution < -0.4 is 10.2 Å². The second kappa shape index (κ2) is 4.86. The number of nitrogens with zero attached hydrogens (tertiary/aromatic N) is 2. The van der Waals surface area contributed by atoms with E-state index in [4.69, 9.17) is 0 Å². The molecule has 0 bridgehead atoms. The molecule has 0 aliphatic carbocycles. The van der Waals surface area contributed by atoms with Crippen LogP contribution in [0.2, 0.25) is 0 Å². The molecule has 7 heteroatoms. The molecule has 3 rings (SSSR count). The first-order valence-electron chi connectivity index (χ1n) is 6.30. The summed E-state index contributed by atoms with van der Waals surface area (Å²) in [7, 11) is 0. The number of carbonyl (C=O) groups is 3. The number of nitrogens with one attached hydrogen (secondary N) is 1. The lowest BCUT2D eigenvalue weighted by molar-refractivity contribution is -0.120. The fraction of sp³-hybridized carbons (Fsp3) is 0.143. The van der Waals surface area contributed by atoms with E-state index < -0.39 is 12.0 Å². The molecule has 0 saturated carbocycles. The maximum absolute atomic E-state index is 11.9. The van der Waals surface area contributed by atoms with Gasteiger partial charge in [-0.05, 0) is 12.1 Å². The summed E-state index contributed by atoms with van der Waals surface area (Å²) >= 11 is 0. The number of rotatable bonds is 2. The Morgan fingerprint density at radius 2 is 2.05 bits per heavy atom. The van der Waals surface area contributed by atoms with Crippen LogP contribution in [-0.4, -0.2) is 34.5 Å². The summed E-state index contributed by atoms with van der Waals surface area (Å²) in [6.45, 7) is 0.216. The van der Waals surface area contributed by atoms with E-state index in [1.165, 1.54) is 17.2 Å². The van der Waals surface area contributed by atoms with Crippen molar-refractivity contribution in [3.8, 4) is 0 Å². The average molecular weight is 285 g/mol. The van der Waals surface area contributed by atoms with Crippen molar-refractivity contribution in [3.63, 3.8) is 0 Å². The third-order valence-corrected chi connectivity index (χ3v) is 3.33. The van der Waals surface area contributed by atoms with Crippen molar-refractivity contribution in [2.45, 2.75) is 6.42 Å². The van der Waals surface area contributed by atoms with Crippen LogP contribution in [0.4, 0.5) is 10.6 Å². The molecule has 106 valence electrons. The second-order valence-corrected chi connectivity index (χ2v) is 4.60. The number of pyridine rings is 1. The second-order valence-electron chi connectivity index (χ2n) is 4.60. The predicted molar refractivity (Wildman–Crippen MR) is 74.2 cm³/mol. The smallest absolute Gasteiger partial charge is 0.336 e.